The van der Waals surface area contributed by atoms with Gasteiger partial charge in [0.15, 0.2) is 0 Å². The van der Waals surface area contributed by atoms with Gasteiger partial charge in [0.1, 0.15) is 0 Å². The van der Waals surface area contributed by atoms with Crippen molar-refractivity contribution >= 4 is 0 Å². The van der Waals surface area contributed by atoms with E-state index in [2.05, 4.69) is 0 Å². The Bertz CT molecular complexity index is 48.5. The van der Waals surface area contributed by atoms with Gasteiger partial charge in [0.25, 0.3) is 63.2 Å². The van der Waals surface area contributed by atoms with E-state index in [4.69, 9.17) is 30.9 Å². The van der Waals surface area contributed by atoms with Gasteiger partial charge >= 0.3 is 70.9 Å². The molecule has 0 amide bonds. The molecule has 0 heterocycles. The largest absolute Gasteiger partial charge is 2.00 e. The minimum atomic E-state index is -4.01. The molecule has 0 atom stereocenters. The Hall–Kier alpha value is 4.09. The summed E-state index contributed by atoms with van der Waals surface area (Å²) in [5.74, 6) is 0. The summed E-state index contributed by atoms with van der Waals surface area (Å²) in [6.45, 7) is 0. The maximum atomic E-state index is 8.57. The Labute approximate surface area is 161 Å². The van der Waals surface area contributed by atoms with Crippen LogP contribution in [0.15, 0.2) is 0 Å². The second-order valence-corrected chi connectivity index (χ2v) is 3.80. The molecule has 0 aromatic carbocycles. The van der Waals surface area contributed by atoms with Gasteiger partial charge in [-0.25, -0.2) is 0 Å². The van der Waals surface area contributed by atoms with Crippen molar-refractivity contribution in [2.75, 3.05) is 0 Å². The van der Waals surface area contributed by atoms with E-state index >= 15 is 0 Å². The van der Waals surface area contributed by atoms with Gasteiger partial charge in [-0.1, -0.05) is 0 Å². The molecule has 0 aliphatic heterocycles. The molecule has 0 saturated heterocycles. The second kappa shape index (κ2) is 25.8. The van der Waals surface area contributed by atoms with E-state index in [1.54, 1.807) is 0 Å². The molecule has 0 bridgehead atoms. The van der Waals surface area contributed by atoms with Crippen LogP contribution in [0.5, 0.6) is 0 Å². The average Bonchev–Trinajstić information content (AvgIpc) is 1.54. The summed E-state index contributed by atoms with van der Waals surface area (Å²) in [6.07, 6.45) is 0. The van der Waals surface area contributed by atoms with Crippen LogP contribution in [-0.4, -0.2) is 0 Å². The van der Waals surface area contributed by atoms with Crippen molar-refractivity contribution in [3.05, 3.63) is 0 Å². The first-order chi connectivity index (χ1) is 5.20. The van der Waals surface area contributed by atoms with E-state index in [1.165, 1.54) is 0 Å². The van der Waals surface area contributed by atoms with Gasteiger partial charge in [-0.05, 0) is 0 Å². The summed E-state index contributed by atoms with van der Waals surface area (Å²) >= 11 is -12.0. The van der Waals surface area contributed by atoms with E-state index in [9.17, 15) is 0 Å². The predicted octanol–water partition coefficient (Wildman–Crippen LogP) is -22.7. The molecular weight excluding hydrogens is 629 g/mol. The van der Waals surface area contributed by atoms with Gasteiger partial charge < -0.3 is 30.9 Å². The van der Waals surface area contributed by atoms with Crippen LogP contribution in [0.4, 0.5) is 0 Å². The molecule has 9 nitrogen and oxygen atoms in total. The van der Waals surface area contributed by atoms with Crippen LogP contribution in [0.25, 0.3) is 0 Å². The molecule has 0 aliphatic carbocycles. The smallest absolute Gasteiger partial charge is 0.427 e. The van der Waals surface area contributed by atoms with Crippen LogP contribution >= 0.6 is 0 Å². The second-order valence-electron chi connectivity index (χ2n) is 0.567. The van der Waals surface area contributed by atoms with Gasteiger partial charge in [-0.3, -0.25) is 0 Å². The predicted molar refractivity (Wildman–Crippen MR) is 0 cm³/mol. The van der Waals surface area contributed by atoms with Crippen LogP contribution < -0.4 is 146 Å². The van der Waals surface area contributed by atoms with Crippen LogP contribution in [-0.2, 0) is 19.5 Å². The number of rotatable bonds is 0. The summed E-state index contributed by atoms with van der Waals surface area (Å²) < 4.78 is 77.2. The van der Waals surface area contributed by atoms with E-state index in [-0.39, 0.29) is 70.9 Å². The van der Waals surface area contributed by atoms with Crippen molar-refractivity contribution in [1.82, 2.24) is 0 Å². The Balaban J connectivity index is -0.0000000270. The molecule has 14 heteroatoms. The molecule has 0 aromatic rings. The third-order valence-electron chi connectivity index (χ3n) is 0. The van der Waals surface area contributed by atoms with E-state index < -0.39 is 63.2 Å². The zero-order chi connectivity index (χ0) is 10.7. The van der Waals surface area contributed by atoms with Crippen LogP contribution in [0.3, 0.4) is 0 Å². The molecule has 78 valence electrons. The fraction of sp³-hybridized carbons (Fsp3) is 0. The summed E-state index contributed by atoms with van der Waals surface area (Å²) in [5.41, 5.74) is 0. The van der Waals surface area contributed by atoms with Crippen molar-refractivity contribution in [3.8, 4) is 0 Å². The van der Waals surface area contributed by atoms with Crippen molar-refractivity contribution in [3.63, 3.8) is 0 Å². The Kier molecular flexibility index (Phi) is 56.9. The molecular formula is I3KO9Zn. The Morgan fingerprint density at radius 3 is 0.429 bits per heavy atom. The third kappa shape index (κ3) is 219. The maximum absolute atomic E-state index is 8.57. The minimum Gasteiger partial charge on any atom is -0.427 e. The summed E-state index contributed by atoms with van der Waals surface area (Å²) in [6, 6.07) is 0. The summed E-state index contributed by atoms with van der Waals surface area (Å²) in [4.78, 5) is 0. The van der Waals surface area contributed by atoms with Crippen molar-refractivity contribution < 1.29 is 165 Å². The Morgan fingerprint density at radius 1 is 0.429 bits per heavy atom. The standard InChI is InChI=1S/3IO3.K.Zn/c3*2-1(3)4;;/q3*-1;+1;+2. The first kappa shape index (κ1) is 30.8. The van der Waals surface area contributed by atoms with Crippen molar-refractivity contribution in [2.24, 2.45) is 0 Å². The molecule has 0 aliphatic rings. The zero-order valence-electron chi connectivity index (χ0n) is 6.52. The molecule has 0 rings (SSSR count). The van der Waals surface area contributed by atoms with Gasteiger partial charge in [-0.15, -0.1) is 0 Å². The molecule has 0 aromatic heterocycles. The van der Waals surface area contributed by atoms with Gasteiger partial charge in [-0.2, -0.15) is 0 Å². The monoisotopic (exact) mass is 628 g/mol. The first-order valence-corrected chi connectivity index (χ1v) is 9.32. The van der Waals surface area contributed by atoms with E-state index in [0.29, 0.717) is 0 Å². The SMILES string of the molecule is [K+].[O-][I+2]([O-])[O-].[O-][I+2]([O-])[O-].[O-][I+2]([O-])[O-].[Zn+2]. The third-order valence-corrected chi connectivity index (χ3v) is 0. The molecule has 0 unspecified atom stereocenters. The first-order valence-electron chi connectivity index (χ1n) is 1.39. The molecule has 14 heavy (non-hydrogen) atoms. The van der Waals surface area contributed by atoms with E-state index in [1.807, 2.05) is 0 Å². The number of hydrogen-bond acceptors (Lipinski definition) is 9. The summed E-state index contributed by atoms with van der Waals surface area (Å²) in [5, 5.41) is 0. The van der Waals surface area contributed by atoms with Gasteiger partial charge in [0.2, 0.25) is 0 Å². The quantitative estimate of drug-likeness (QED) is 0.184. The fourth-order valence-electron chi connectivity index (χ4n) is 0. The van der Waals surface area contributed by atoms with E-state index in [0.717, 1.165) is 0 Å². The Morgan fingerprint density at radius 2 is 0.429 bits per heavy atom. The van der Waals surface area contributed by atoms with Crippen LogP contribution in [0.2, 0.25) is 0 Å². The van der Waals surface area contributed by atoms with Crippen molar-refractivity contribution in [2.45, 2.75) is 0 Å². The average molecular weight is 629 g/mol. The molecule has 0 fully saturated rings. The summed E-state index contributed by atoms with van der Waals surface area (Å²) in [7, 11) is 0. The van der Waals surface area contributed by atoms with Gasteiger partial charge in [0, 0.05) is 0 Å². The molecule has 0 saturated carbocycles. The van der Waals surface area contributed by atoms with Crippen LogP contribution in [0, 0.1) is 0 Å². The number of halogens is 3. The molecule has 0 N–H and O–H groups in total. The fourth-order valence-corrected chi connectivity index (χ4v) is 0. The molecule has 0 spiro atoms. The normalized spacial score (nSPS) is 7.71. The van der Waals surface area contributed by atoms with Crippen molar-refractivity contribution in [1.29, 1.82) is 0 Å². The number of hydrogen-bond donors (Lipinski definition) is 0. The van der Waals surface area contributed by atoms with Gasteiger partial charge in [0.05, 0.1) is 0 Å². The zero-order valence-corrected chi connectivity index (χ0v) is 19.1. The minimum absolute atomic E-state index is 0. The molecule has 0 radical (unpaired) electrons. The maximum Gasteiger partial charge on any atom is 2.00 e. The topological polar surface area (TPSA) is 208 Å². The van der Waals surface area contributed by atoms with Crippen LogP contribution in [0.1, 0.15) is 0 Å².